The molecule has 0 fully saturated rings. The van der Waals surface area contributed by atoms with Crippen molar-refractivity contribution < 1.29 is 27.2 Å². The van der Waals surface area contributed by atoms with Crippen molar-refractivity contribution in [1.29, 1.82) is 0 Å². The molecule has 25 heavy (non-hydrogen) atoms. The number of carbonyl (C=O) groups is 2. The first-order chi connectivity index (χ1) is 11.8. The van der Waals surface area contributed by atoms with Gasteiger partial charge in [0, 0.05) is 12.2 Å². The number of amides is 3. The Bertz CT molecular complexity index is 771. The monoisotopic (exact) mass is 353 g/mol. The standard InChI is InChI=1S/C16H14F3N3O3/c1-2-6-20-15(24)22-13-4-3-11(8-12(13)16(17,18)19)21-14(23)10-5-7-25-9-10/h2-5,7-9H,1,6H2,(H,21,23)(H2,20,22,24). The zero-order valence-electron chi connectivity index (χ0n) is 12.8. The van der Waals surface area contributed by atoms with Gasteiger partial charge in [0.15, 0.2) is 0 Å². The molecule has 0 atom stereocenters. The molecule has 1 aromatic carbocycles. The Labute approximate surface area is 140 Å². The van der Waals surface area contributed by atoms with Gasteiger partial charge in [-0.3, -0.25) is 4.79 Å². The zero-order valence-corrected chi connectivity index (χ0v) is 12.8. The summed E-state index contributed by atoms with van der Waals surface area (Å²) in [5, 5.41) is 6.75. The molecule has 0 radical (unpaired) electrons. The predicted octanol–water partition coefficient (Wildman–Crippen LogP) is 3.86. The van der Waals surface area contributed by atoms with Gasteiger partial charge in [0.25, 0.3) is 5.91 Å². The number of hydrogen-bond donors (Lipinski definition) is 3. The van der Waals surface area contributed by atoms with Crippen LogP contribution in [0.25, 0.3) is 0 Å². The minimum Gasteiger partial charge on any atom is -0.472 e. The van der Waals surface area contributed by atoms with Crippen LogP contribution < -0.4 is 16.0 Å². The van der Waals surface area contributed by atoms with E-state index in [-0.39, 0.29) is 17.8 Å². The van der Waals surface area contributed by atoms with E-state index in [1.54, 1.807) is 0 Å². The molecule has 0 saturated heterocycles. The van der Waals surface area contributed by atoms with E-state index in [4.69, 9.17) is 4.42 Å². The van der Waals surface area contributed by atoms with Crippen LogP contribution in [0.5, 0.6) is 0 Å². The first-order valence-corrected chi connectivity index (χ1v) is 7.02. The highest BCUT2D eigenvalue weighted by atomic mass is 19.4. The molecular weight excluding hydrogens is 339 g/mol. The van der Waals surface area contributed by atoms with E-state index in [0.717, 1.165) is 12.1 Å². The summed E-state index contributed by atoms with van der Waals surface area (Å²) in [6, 6.07) is 3.61. The number of nitrogens with one attached hydrogen (secondary N) is 3. The minimum atomic E-state index is -4.72. The third kappa shape index (κ3) is 4.87. The lowest BCUT2D eigenvalue weighted by molar-refractivity contribution is -0.136. The van der Waals surface area contributed by atoms with E-state index >= 15 is 0 Å². The van der Waals surface area contributed by atoms with E-state index in [9.17, 15) is 22.8 Å². The van der Waals surface area contributed by atoms with E-state index in [0.29, 0.717) is 0 Å². The van der Waals surface area contributed by atoms with Crippen molar-refractivity contribution in [3.05, 3.63) is 60.6 Å². The zero-order chi connectivity index (χ0) is 18.4. The van der Waals surface area contributed by atoms with E-state index in [2.05, 4.69) is 22.5 Å². The smallest absolute Gasteiger partial charge is 0.418 e. The quantitative estimate of drug-likeness (QED) is 0.714. The first kappa shape index (κ1) is 18.1. The Morgan fingerprint density at radius 1 is 1.20 bits per heavy atom. The van der Waals surface area contributed by atoms with Gasteiger partial charge >= 0.3 is 12.2 Å². The molecular formula is C16H14F3N3O3. The third-order valence-electron chi connectivity index (χ3n) is 3.02. The number of carbonyl (C=O) groups excluding carboxylic acids is 2. The molecule has 132 valence electrons. The van der Waals surface area contributed by atoms with Gasteiger partial charge in [-0.2, -0.15) is 13.2 Å². The van der Waals surface area contributed by atoms with E-state index in [1.165, 1.54) is 30.7 Å². The average Bonchev–Trinajstić information content (AvgIpc) is 3.08. The maximum absolute atomic E-state index is 13.2. The van der Waals surface area contributed by atoms with Gasteiger partial charge < -0.3 is 20.4 Å². The molecule has 0 aliphatic heterocycles. The van der Waals surface area contributed by atoms with Crippen molar-refractivity contribution in [2.24, 2.45) is 0 Å². The van der Waals surface area contributed by atoms with Gasteiger partial charge in [0.05, 0.1) is 23.1 Å². The van der Waals surface area contributed by atoms with Crippen LogP contribution in [0.1, 0.15) is 15.9 Å². The van der Waals surface area contributed by atoms with Crippen LogP contribution in [0.15, 0.2) is 53.9 Å². The molecule has 1 aromatic heterocycles. The van der Waals surface area contributed by atoms with Crippen LogP contribution in [0.2, 0.25) is 0 Å². The molecule has 6 nitrogen and oxygen atoms in total. The van der Waals surface area contributed by atoms with Gasteiger partial charge in [0.2, 0.25) is 0 Å². The van der Waals surface area contributed by atoms with E-state index < -0.39 is 29.4 Å². The number of halogens is 3. The van der Waals surface area contributed by atoms with Crippen molar-refractivity contribution in [2.75, 3.05) is 17.2 Å². The fourth-order valence-corrected chi connectivity index (χ4v) is 1.89. The van der Waals surface area contributed by atoms with Crippen LogP contribution in [0, 0.1) is 0 Å². The van der Waals surface area contributed by atoms with Crippen LogP contribution in [-0.4, -0.2) is 18.5 Å². The van der Waals surface area contributed by atoms with Crippen molar-refractivity contribution >= 4 is 23.3 Å². The number of rotatable bonds is 5. The highest BCUT2D eigenvalue weighted by Gasteiger charge is 2.34. The maximum atomic E-state index is 13.2. The Kier molecular flexibility index (Phi) is 5.48. The second-order valence-electron chi connectivity index (χ2n) is 4.85. The van der Waals surface area contributed by atoms with Crippen molar-refractivity contribution in [2.45, 2.75) is 6.18 Å². The van der Waals surface area contributed by atoms with Gasteiger partial charge in [-0.25, -0.2) is 4.79 Å². The summed E-state index contributed by atoms with van der Waals surface area (Å²) in [5.74, 6) is -0.619. The maximum Gasteiger partial charge on any atom is 0.418 e. The van der Waals surface area contributed by atoms with Crippen molar-refractivity contribution in [3.63, 3.8) is 0 Å². The lowest BCUT2D eigenvalue weighted by atomic mass is 10.1. The normalized spacial score (nSPS) is 10.8. The molecule has 2 rings (SSSR count). The Morgan fingerprint density at radius 2 is 1.96 bits per heavy atom. The summed E-state index contributed by atoms with van der Waals surface area (Å²) in [5.41, 5.74) is -1.43. The van der Waals surface area contributed by atoms with Crippen LogP contribution >= 0.6 is 0 Å². The first-order valence-electron chi connectivity index (χ1n) is 7.02. The van der Waals surface area contributed by atoms with Gasteiger partial charge in [-0.05, 0) is 24.3 Å². The Morgan fingerprint density at radius 3 is 2.56 bits per heavy atom. The van der Waals surface area contributed by atoms with Crippen LogP contribution in [-0.2, 0) is 6.18 Å². The fourth-order valence-electron chi connectivity index (χ4n) is 1.89. The highest BCUT2D eigenvalue weighted by Crippen LogP contribution is 2.36. The number of alkyl halides is 3. The summed E-state index contributed by atoms with van der Waals surface area (Å²) in [4.78, 5) is 23.4. The molecule has 0 aliphatic rings. The highest BCUT2D eigenvalue weighted by molar-refractivity contribution is 6.04. The molecule has 0 unspecified atom stereocenters. The lowest BCUT2D eigenvalue weighted by Crippen LogP contribution is -2.29. The predicted molar refractivity (Wildman–Crippen MR) is 85.3 cm³/mol. The average molecular weight is 353 g/mol. The number of benzene rings is 1. The Balaban J connectivity index is 2.23. The molecule has 3 amide bonds. The number of furan rings is 1. The molecule has 0 bridgehead atoms. The van der Waals surface area contributed by atoms with Crippen LogP contribution in [0.4, 0.5) is 29.3 Å². The largest absolute Gasteiger partial charge is 0.472 e. The van der Waals surface area contributed by atoms with Gasteiger partial charge in [-0.1, -0.05) is 6.08 Å². The molecule has 0 spiro atoms. The molecule has 0 aliphatic carbocycles. The number of anilines is 2. The summed E-state index contributed by atoms with van der Waals surface area (Å²) in [6.07, 6.45) is -0.902. The summed E-state index contributed by atoms with van der Waals surface area (Å²) < 4.78 is 44.4. The van der Waals surface area contributed by atoms with Crippen LogP contribution in [0.3, 0.4) is 0 Å². The summed E-state index contributed by atoms with van der Waals surface area (Å²) in [6.45, 7) is 3.49. The number of hydrogen-bond acceptors (Lipinski definition) is 3. The molecule has 9 heteroatoms. The molecule has 3 N–H and O–H groups in total. The summed E-state index contributed by atoms with van der Waals surface area (Å²) in [7, 11) is 0. The van der Waals surface area contributed by atoms with Crippen molar-refractivity contribution in [3.8, 4) is 0 Å². The molecule has 0 saturated carbocycles. The lowest BCUT2D eigenvalue weighted by Gasteiger charge is -2.16. The fraction of sp³-hybridized carbons (Fsp3) is 0.125. The topological polar surface area (TPSA) is 83.4 Å². The minimum absolute atomic E-state index is 0.0735. The molecule has 1 heterocycles. The number of urea groups is 1. The second-order valence-corrected chi connectivity index (χ2v) is 4.85. The second kappa shape index (κ2) is 7.56. The molecule has 2 aromatic rings. The van der Waals surface area contributed by atoms with Gasteiger partial charge in [-0.15, -0.1) is 6.58 Å². The SMILES string of the molecule is C=CCNC(=O)Nc1ccc(NC(=O)c2ccoc2)cc1C(F)(F)F. The summed E-state index contributed by atoms with van der Waals surface area (Å²) >= 11 is 0. The third-order valence-corrected chi connectivity index (χ3v) is 3.02. The van der Waals surface area contributed by atoms with E-state index in [1.807, 2.05) is 0 Å². The Hall–Kier alpha value is -3.23. The van der Waals surface area contributed by atoms with Crippen molar-refractivity contribution in [1.82, 2.24) is 5.32 Å². The van der Waals surface area contributed by atoms with Gasteiger partial charge in [0.1, 0.15) is 6.26 Å².